The van der Waals surface area contributed by atoms with Gasteiger partial charge < -0.3 is 18.6 Å². The second-order valence-corrected chi connectivity index (χ2v) is 21.0. The van der Waals surface area contributed by atoms with Gasteiger partial charge in [0.25, 0.3) is 0 Å². The van der Waals surface area contributed by atoms with Crippen molar-refractivity contribution in [2.75, 3.05) is 25.1 Å². The molecule has 0 spiro atoms. The molecule has 1 N–H and O–H groups in total. The van der Waals surface area contributed by atoms with E-state index in [1.807, 2.05) is 0 Å². The molecule has 0 fully saturated rings. The van der Waals surface area contributed by atoms with Crippen molar-refractivity contribution < 1.29 is 112 Å². The van der Waals surface area contributed by atoms with Crippen molar-refractivity contribution in [2.45, 2.75) is 125 Å². The maximum absolute atomic E-state index is 15.0. The Kier molecular flexibility index (Phi) is 19.8. The Labute approximate surface area is 383 Å². The van der Waals surface area contributed by atoms with Gasteiger partial charge in [0.1, 0.15) is 30.1 Å². The van der Waals surface area contributed by atoms with Gasteiger partial charge in [-0.2, -0.15) is 74.6 Å². The van der Waals surface area contributed by atoms with Crippen LogP contribution in [0.3, 0.4) is 0 Å². The van der Waals surface area contributed by atoms with Gasteiger partial charge in [0.2, 0.25) is 0 Å². The van der Waals surface area contributed by atoms with Gasteiger partial charge in [0, 0.05) is 24.5 Å². The summed E-state index contributed by atoms with van der Waals surface area (Å²) < 4.78 is 286. The first-order chi connectivity index (χ1) is 31.3. The van der Waals surface area contributed by atoms with Crippen LogP contribution in [0.25, 0.3) is 0 Å². The molecule has 69 heavy (non-hydrogen) atoms. The summed E-state index contributed by atoms with van der Waals surface area (Å²) in [6, 6.07) is 6.47. The number of nitrogens with one attached hydrogen (secondary N) is 1. The lowest BCUT2D eigenvalue weighted by atomic mass is 9.88. The quantitative estimate of drug-likeness (QED) is 0.0266. The van der Waals surface area contributed by atoms with Gasteiger partial charge in [-0.3, -0.25) is 5.32 Å². The number of amides is 1. The number of benzene rings is 2. The van der Waals surface area contributed by atoms with Gasteiger partial charge in [-0.25, -0.2) is 18.4 Å². The zero-order chi connectivity index (χ0) is 53.4. The molecule has 0 saturated carbocycles. The van der Waals surface area contributed by atoms with Crippen LogP contribution in [-0.4, -0.2) is 87.8 Å². The molecular weight excluding hydrogens is 1000 g/mol. The molecular formula is C42H46F19NO6Si. The third kappa shape index (κ3) is 13.0. The van der Waals surface area contributed by atoms with Gasteiger partial charge in [-0.15, -0.1) is 0 Å². The first-order valence-electron chi connectivity index (χ1n) is 20.3. The van der Waals surface area contributed by atoms with E-state index in [9.17, 15) is 84.2 Å². The Balaban J connectivity index is 2.31. The number of alkyl halides is 17. The van der Waals surface area contributed by atoms with Crippen molar-refractivity contribution in [3.05, 3.63) is 84.0 Å². The van der Waals surface area contributed by atoms with Gasteiger partial charge in [-0.1, -0.05) is 65.0 Å². The third-order valence-electron chi connectivity index (χ3n) is 10.7. The topological polar surface area (TPSA) is 83.1 Å². The fraction of sp³-hybridized carbons (Fsp3) is 0.571. The summed E-state index contributed by atoms with van der Waals surface area (Å²) in [5, 5.41) is 2.16. The maximum atomic E-state index is 15.0. The Morgan fingerprint density at radius 2 is 1.20 bits per heavy atom. The lowest BCUT2D eigenvalue weighted by Crippen LogP contribution is -2.74. The highest BCUT2D eigenvalue weighted by Crippen LogP contribution is 2.64. The Bertz CT molecular complexity index is 2070. The zero-order valence-electron chi connectivity index (χ0n) is 37.0. The predicted molar refractivity (Wildman–Crippen MR) is 212 cm³/mol. The second kappa shape index (κ2) is 22.6. The normalized spacial score (nSPS) is 15.0. The Morgan fingerprint density at radius 3 is 1.70 bits per heavy atom. The minimum absolute atomic E-state index is 0.0571. The molecule has 2 atom stereocenters. The third-order valence-corrected chi connectivity index (χ3v) is 16.4. The van der Waals surface area contributed by atoms with Crippen LogP contribution in [0.1, 0.15) is 66.1 Å². The molecule has 27 heteroatoms. The van der Waals surface area contributed by atoms with Crippen LogP contribution in [-0.2, 0) is 18.7 Å². The van der Waals surface area contributed by atoms with Gasteiger partial charge in [0.05, 0.1) is 18.9 Å². The van der Waals surface area contributed by atoms with E-state index in [1.165, 1.54) is 64.1 Å². The SMILES string of the molecule is CCOC(=O)/C=C/C=C/C[C@H](C)[C@H](OC(=O)Nc1ccc(F)cc1F)c1ccc(OCCO[Si](CCC(F)(F)C(F)(F)C(F)(F)C(F)(F)C(F)(F)C(F)(F)C(F)(F)C(F)(F)F)(C(C)C)C(C)C)cc1. The average Bonchev–Trinajstić information content (AvgIpc) is 3.22. The van der Waals surface area contributed by atoms with Crippen molar-refractivity contribution >= 4 is 26.1 Å². The molecule has 2 aromatic carbocycles. The van der Waals surface area contributed by atoms with Crippen LogP contribution < -0.4 is 10.1 Å². The number of rotatable bonds is 25. The summed E-state index contributed by atoms with van der Waals surface area (Å²) in [6.45, 7) is 7.52. The van der Waals surface area contributed by atoms with E-state index >= 15 is 8.78 Å². The van der Waals surface area contributed by atoms with Crippen molar-refractivity contribution in [3.63, 3.8) is 0 Å². The highest BCUT2D eigenvalue weighted by Gasteiger charge is 2.95. The van der Waals surface area contributed by atoms with Crippen LogP contribution in [0, 0.1) is 17.6 Å². The van der Waals surface area contributed by atoms with Crippen molar-refractivity contribution in [1.29, 1.82) is 0 Å². The zero-order valence-corrected chi connectivity index (χ0v) is 38.0. The first kappa shape index (κ1) is 60.4. The maximum Gasteiger partial charge on any atom is 0.460 e. The van der Waals surface area contributed by atoms with Crippen LogP contribution in [0.15, 0.2) is 66.8 Å². The van der Waals surface area contributed by atoms with E-state index in [0.29, 0.717) is 11.6 Å². The number of hydrogen-bond acceptors (Lipinski definition) is 6. The van der Waals surface area contributed by atoms with Crippen LogP contribution in [0.4, 0.5) is 93.9 Å². The van der Waals surface area contributed by atoms with Gasteiger partial charge in [-0.05, 0) is 60.3 Å². The lowest BCUT2D eigenvalue weighted by Gasteiger charge is -2.44. The standard InChI is InChI=1S/C42H46F19NO6Si/c1-7-65-32(63)12-10-8-9-11-26(6)33(68-34(64)62-31-18-15-28(43)23-30(31)44)27-13-16-29(17-14-27)66-20-21-67-69(24(2)3,25(4)5)22-19-35(45,46)36(47,48)37(49,50)38(51,52)39(53,54)40(55,56)41(57,58)42(59,60)61/h8-10,12-18,23-26,33H,7,11,19-22H2,1-6H3,(H,62,64)/b9-8+,12-10+/t26-,33-/m0/s1. The van der Waals surface area contributed by atoms with E-state index < -0.39 is 134 Å². The smallest absolute Gasteiger partial charge is 0.460 e. The van der Waals surface area contributed by atoms with E-state index in [1.54, 1.807) is 19.9 Å². The molecule has 0 aliphatic rings. The summed E-state index contributed by atoms with van der Waals surface area (Å²) in [7, 11) is -4.05. The number of anilines is 1. The first-order valence-corrected chi connectivity index (χ1v) is 22.6. The molecule has 2 aromatic rings. The number of allylic oxidation sites excluding steroid dienone is 3. The molecule has 0 aliphatic heterocycles. The molecule has 0 unspecified atom stereocenters. The van der Waals surface area contributed by atoms with E-state index in [0.717, 1.165) is 18.2 Å². The molecule has 2 rings (SSSR count). The van der Waals surface area contributed by atoms with Gasteiger partial charge >= 0.3 is 59.7 Å². The molecule has 0 heterocycles. The number of ether oxygens (including phenoxy) is 3. The molecule has 0 aromatic heterocycles. The van der Waals surface area contributed by atoms with E-state index in [-0.39, 0.29) is 18.8 Å². The number of hydrogen-bond donors (Lipinski definition) is 1. The highest BCUT2D eigenvalue weighted by atomic mass is 28.4. The minimum atomic E-state index is -8.72. The molecule has 0 aliphatic carbocycles. The Morgan fingerprint density at radius 1 is 0.681 bits per heavy atom. The van der Waals surface area contributed by atoms with Crippen molar-refractivity contribution in [2.24, 2.45) is 5.92 Å². The lowest BCUT2D eigenvalue weighted by molar-refractivity contribution is -0.461. The molecule has 0 radical (unpaired) electrons. The van der Waals surface area contributed by atoms with Crippen LogP contribution >= 0.6 is 0 Å². The largest absolute Gasteiger partial charge is 0.491 e. The summed E-state index contributed by atoms with van der Waals surface area (Å²) in [5.74, 6) is -60.1. The fourth-order valence-corrected chi connectivity index (χ4v) is 11.1. The van der Waals surface area contributed by atoms with Crippen LogP contribution in [0.2, 0.25) is 17.1 Å². The van der Waals surface area contributed by atoms with Crippen molar-refractivity contribution in [1.82, 2.24) is 0 Å². The Hall–Kier alpha value is -4.69. The van der Waals surface area contributed by atoms with E-state index in [4.69, 9.17) is 18.6 Å². The number of halogens is 19. The predicted octanol–water partition coefficient (Wildman–Crippen LogP) is 14.5. The highest BCUT2D eigenvalue weighted by molar-refractivity contribution is 6.76. The van der Waals surface area contributed by atoms with E-state index in [2.05, 4.69) is 5.32 Å². The molecule has 0 saturated heterocycles. The summed E-state index contributed by atoms with van der Waals surface area (Å²) in [4.78, 5) is 24.4. The molecule has 392 valence electrons. The number of carbonyl (C=O) groups excluding carboxylic acids is 2. The van der Waals surface area contributed by atoms with Gasteiger partial charge in [0.15, 0.2) is 8.32 Å². The number of carbonyl (C=O) groups is 2. The number of esters is 1. The van der Waals surface area contributed by atoms with Crippen molar-refractivity contribution in [3.8, 4) is 5.75 Å². The monoisotopic (exact) mass is 1050 g/mol. The molecule has 7 nitrogen and oxygen atoms in total. The summed E-state index contributed by atoms with van der Waals surface area (Å²) >= 11 is 0. The second-order valence-electron chi connectivity index (χ2n) is 16.0. The minimum Gasteiger partial charge on any atom is -0.491 e. The molecule has 0 bridgehead atoms. The molecule has 1 amide bonds. The fourth-order valence-electron chi connectivity index (χ4n) is 6.68. The average molecular weight is 1050 g/mol. The summed E-state index contributed by atoms with van der Waals surface area (Å²) in [6.07, 6.45) is -6.81. The van der Waals surface area contributed by atoms with Crippen LogP contribution in [0.5, 0.6) is 5.75 Å². The summed E-state index contributed by atoms with van der Waals surface area (Å²) in [5.41, 5.74) is -1.94.